The molecule has 0 aliphatic rings. The van der Waals surface area contributed by atoms with E-state index in [9.17, 15) is 22.9 Å². The third kappa shape index (κ3) is 3.54. The minimum Gasteiger partial charge on any atom is -0.497 e. The lowest BCUT2D eigenvalue weighted by atomic mass is 10.3. The molecule has 1 N–H and O–H groups in total. The Balaban J connectivity index is 2.46. The van der Waals surface area contributed by atoms with Gasteiger partial charge in [-0.3, -0.25) is 14.8 Å². The summed E-state index contributed by atoms with van der Waals surface area (Å²) in [6, 6.07) is 6.49. The molecular weight excluding hydrogens is 343 g/mol. The maximum Gasteiger partial charge on any atom is 0.271 e. The van der Waals surface area contributed by atoms with E-state index in [1.54, 1.807) is 0 Å². The number of hydrogen-bond acceptors (Lipinski definition) is 6. The van der Waals surface area contributed by atoms with Crippen LogP contribution in [0.25, 0.3) is 0 Å². The number of nitrogens with one attached hydrogen (secondary N) is 1. The van der Waals surface area contributed by atoms with Crippen molar-refractivity contribution in [2.75, 3.05) is 18.9 Å². The number of sulfonamides is 1. The number of benzene rings is 2. The maximum absolute atomic E-state index is 13.8. The first-order valence-corrected chi connectivity index (χ1v) is 7.95. The molecule has 0 amide bonds. The Morgan fingerprint density at radius 1 is 1.12 bits per heavy atom. The van der Waals surface area contributed by atoms with Crippen molar-refractivity contribution in [1.82, 2.24) is 0 Å². The predicted molar refractivity (Wildman–Crippen MR) is 83.4 cm³/mol. The zero-order valence-corrected chi connectivity index (χ0v) is 13.5. The molecule has 128 valence electrons. The fourth-order valence-corrected chi connectivity index (χ4v) is 3.11. The van der Waals surface area contributed by atoms with E-state index in [4.69, 9.17) is 9.47 Å². The van der Waals surface area contributed by atoms with Crippen LogP contribution in [0.3, 0.4) is 0 Å². The Bertz CT molecular complexity index is 885. The minimum atomic E-state index is -4.24. The van der Waals surface area contributed by atoms with Crippen LogP contribution in [-0.2, 0) is 10.0 Å². The molecule has 2 aromatic carbocycles. The molecule has 0 atom stereocenters. The fourth-order valence-electron chi connectivity index (χ4n) is 1.90. The van der Waals surface area contributed by atoms with Crippen molar-refractivity contribution in [3.8, 4) is 11.5 Å². The average Bonchev–Trinajstić information content (AvgIpc) is 2.55. The molecule has 0 aliphatic carbocycles. The number of anilines is 1. The third-order valence-electron chi connectivity index (χ3n) is 3.07. The molecule has 0 radical (unpaired) electrons. The van der Waals surface area contributed by atoms with E-state index in [0.29, 0.717) is 5.75 Å². The number of non-ortho nitro benzene ring substituents is 1. The van der Waals surface area contributed by atoms with Crippen molar-refractivity contribution in [1.29, 1.82) is 0 Å². The third-order valence-corrected chi connectivity index (χ3v) is 4.47. The SMILES string of the molecule is COc1ccc(S(=O)(=O)Nc2cc([N+](=O)[O-])ccc2F)c(OC)c1. The van der Waals surface area contributed by atoms with E-state index in [-0.39, 0.29) is 10.6 Å². The molecular formula is C14H13FN2O6S. The molecule has 8 nitrogen and oxygen atoms in total. The zero-order valence-electron chi connectivity index (χ0n) is 12.6. The van der Waals surface area contributed by atoms with Crippen molar-refractivity contribution in [2.45, 2.75) is 4.90 Å². The van der Waals surface area contributed by atoms with Gasteiger partial charge >= 0.3 is 0 Å². The number of nitro benzene ring substituents is 1. The van der Waals surface area contributed by atoms with Crippen LogP contribution >= 0.6 is 0 Å². The summed E-state index contributed by atoms with van der Waals surface area (Å²) in [7, 11) is -1.57. The Morgan fingerprint density at radius 3 is 2.42 bits per heavy atom. The van der Waals surface area contributed by atoms with Crippen molar-refractivity contribution >= 4 is 21.4 Å². The summed E-state index contributed by atoms with van der Waals surface area (Å²) >= 11 is 0. The highest BCUT2D eigenvalue weighted by Crippen LogP contribution is 2.31. The van der Waals surface area contributed by atoms with Gasteiger partial charge in [0.1, 0.15) is 22.2 Å². The smallest absolute Gasteiger partial charge is 0.271 e. The molecule has 0 heterocycles. The van der Waals surface area contributed by atoms with Crippen LogP contribution in [0.4, 0.5) is 15.8 Å². The first-order valence-electron chi connectivity index (χ1n) is 6.47. The van der Waals surface area contributed by atoms with Gasteiger partial charge < -0.3 is 9.47 Å². The van der Waals surface area contributed by atoms with E-state index < -0.39 is 32.1 Å². The maximum atomic E-state index is 13.8. The lowest BCUT2D eigenvalue weighted by molar-refractivity contribution is -0.384. The van der Waals surface area contributed by atoms with Crippen LogP contribution in [-0.4, -0.2) is 27.6 Å². The van der Waals surface area contributed by atoms with Gasteiger partial charge in [-0.2, -0.15) is 0 Å². The summed E-state index contributed by atoms with van der Waals surface area (Å²) < 4.78 is 50.6. The standard InChI is InChI=1S/C14H13FN2O6S/c1-22-10-4-6-14(13(8-10)23-2)24(20,21)16-12-7-9(17(18)19)3-5-11(12)15/h3-8,16H,1-2H3. The zero-order chi connectivity index (χ0) is 17.9. The van der Waals surface area contributed by atoms with Gasteiger partial charge in [0.2, 0.25) is 0 Å². The normalized spacial score (nSPS) is 11.0. The van der Waals surface area contributed by atoms with Gasteiger partial charge in [0, 0.05) is 18.2 Å². The van der Waals surface area contributed by atoms with E-state index in [2.05, 4.69) is 0 Å². The minimum absolute atomic E-state index is 0.0207. The Kier molecular flexibility index (Phi) is 4.88. The van der Waals surface area contributed by atoms with Gasteiger partial charge in [0.05, 0.1) is 24.8 Å². The van der Waals surface area contributed by atoms with E-state index in [0.717, 1.165) is 18.2 Å². The number of methoxy groups -OCH3 is 2. The second-order valence-electron chi connectivity index (χ2n) is 4.54. The van der Waals surface area contributed by atoms with Gasteiger partial charge in [-0.15, -0.1) is 0 Å². The molecule has 24 heavy (non-hydrogen) atoms. The van der Waals surface area contributed by atoms with Crippen LogP contribution in [0.15, 0.2) is 41.3 Å². The molecule has 0 saturated carbocycles. The molecule has 0 unspecified atom stereocenters. The highest BCUT2D eigenvalue weighted by Gasteiger charge is 2.23. The van der Waals surface area contributed by atoms with E-state index >= 15 is 0 Å². The Hall–Kier alpha value is -2.88. The molecule has 2 aromatic rings. The first-order chi connectivity index (χ1) is 11.3. The summed E-state index contributed by atoms with van der Waals surface area (Å²) in [6.45, 7) is 0. The quantitative estimate of drug-likeness (QED) is 0.629. The van der Waals surface area contributed by atoms with E-state index in [1.165, 1.54) is 32.4 Å². The Morgan fingerprint density at radius 2 is 1.83 bits per heavy atom. The topological polar surface area (TPSA) is 108 Å². The van der Waals surface area contributed by atoms with Crippen molar-refractivity contribution in [2.24, 2.45) is 0 Å². The number of ether oxygens (including phenoxy) is 2. The summed E-state index contributed by atoms with van der Waals surface area (Å²) in [5.41, 5.74) is -0.988. The monoisotopic (exact) mass is 356 g/mol. The van der Waals surface area contributed by atoms with Crippen LogP contribution < -0.4 is 14.2 Å². The van der Waals surface area contributed by atoms with Gasteiger partial charge in [-0.25, -0.2) is 12.8 Å². The number of rotatable bonds is 6. The van der Waals surface area contributed by atoms with Gasteiger partial charge in [-0.05, 0) is 18.2 Å². The summed E-state index contributed by atoms with van der Waals surface area (Å²) in [4.78, 5) is 9.72. The predicted octanol–water partition coefficient (Wildman–Crippen LogP) is 2.55. The molecule has 0 aliphatic heterocycles. The average molecular weight is 356 g/mol. The molecule has 2 rings (SSSR count). The highest BCUT2D eigenvalue weighted by atomic mass is 32.2. The first kappa shape index (κ1) is 17.5. The lowest BCUT2D eigenvalue weighted by Crippen LogP contribution is -2.15. The number of nitrogens with zero attached hydrogens (tertiary/aromatic N) is 1. The van der Waals surface area contributed by atoms with Gasteiger partial charge in [0.25, 0.3) is 15.7 Å². The second-order valence-corrected chi connectivity index (χ2v) is 6.19. The van der Waals surface area contributed by atoms with Crippen LogP contribution in [0.2, 0.25) is 0 Å². The molecule has 0 saturated heterocycles. The van der Waals surface area contributed by atoms with E-state index in [1.807, 2.05) is 4.72 Å². The largest absolute Gasteiger partial charge is 0.497 e. The molecule has 10 heteroatoms. The number of halogens is 1. The van der Waals surface area contributed by atoms with Gasteiger partial charge in [-0.1, -0.05) is 0 Å². The van der Waals surface area contributed by atoms with Crippen LogP contribution in [0.1, 0.15) is 0 Å². The molecule has 0 bridgehead atoms. The fraction of sp³-hybridized carbons (Fsp3) is 0.143. The van der Waals surface area contributed by atoms with Crippen LogP contribution in [0, 0.1) is 15.9 Å². The summed E-state index contributed by atoms with van der Waals surface area (Å²) in [6.07, 6.45) is 0. The lowest BCUT2D eigenvalue weighted by Gasteiger charge is -2.13. The van der Waals surface area contributed by atoms with Crippen LogP contribution in [0.5, 0.6) is 11.5 Å². The number of nitro groups is 1. The van der Waals surface area contributed by atoms with Crippen molar-refractivity contribution in [3.05, 3.63) is 52.3 Å². The molecule has 0 fully saturated rings. The highest BCUT2D eigenvalue weighted by molar-refractivity contribution is 7.92. The van der Waals surface area contributed by atoms with Crippen molar-refractivity contribution < 1.29 is 27.2 Å². The van der Waals surface area contributed by atoms with Crippen molar-refractivity contribution in [3.63, 3.8) is 0 Å². The molecule has 0 spiro atoms. The second kappa shape index (κ2) is 6.71. The van der Waals surface area contributed by atoms with Gasteiger partial charge in [0.15, 0.2) is 0 Å². The number of hydrogen-bond donors (Lipinski definition) is 1. The Labute approximate surface area is 137 Å². The molecule has 0 aromatic heterocycles. The summed E-state index contributed by atoms with van der Waals surface area (Å²) in [5, 5.41) is 10.7. The summed E-state index contributed by atoms with van der Waals surface area (Å²) in [5.74, 6) is -0.600.